The number of phenolic OH excluding ortho intramolecular Hbond substituents is 1. The molecular weight excluding hydrogens is 496 g/mol. The molecule has 2 amide bonds. The fourth-order valence-electron chi connectivity index (χ4n) is 5.79. The van der Waals surface area contributed by atoms with Gasteiger partial charge in [-0.25, -0.2) is 4.98 Å². The summed E-state index contributed by atoms with van der Waals surface area (Å²) in [7, 11) is 0. The van der Waals surface area contributed by atoms with Gasteiger partial charge in [0, 0.05) is 63.8 Å². The van der Waals surface area contributed by atoms with Crippen molar-refractivity contribution in [1.82, 2.24) is 20.5 Å². The van der Waals surface area contributed by atoms with Crippen molar-refractivity contribution in [2.45, 2.75) is 70.2 Å². The van der Waals surface area contributed by atoms with Crippen molar-refractivity contribution in [2.75, 3.05) is 42.9 Å². The molecule has 2 atom stereocenters. The van der Waals surface area contributed by atoms with Crippen LogP contribution in [0.3, 0.4) is 0 Å². The molecule has 3 aliphatic rings. The van der Waals surface area contributed by atoms with Gasteiger partial charge >= 0.3 is 0 Å². The number of aromatic nitrogens is 1. The molecule has 0 saturated carbocycles. The molecule has 4 heterocycles. The van der Waals surface area contributed by atoms with E-state index in [9.17, 15) is 19.8 Å². The number of amides is 2. The van der Waals surface area contributed by atoms with Gasteiger partial charge in [-0.15, -0.1) is 0 Å². The van der Waals surface area contributed by atoms with E-state index in [0.717, 1.165) is 55.7 Å². The minimum Gasteiger partial charge on any atom is -0.508 e. The van der Waals surface area contributed by atoms with Crippen molar-refractivity contribution >= 4 is 23.5 Å². The number of likely N-dealkylation sites (tertiary alicyclic amines) is 1. The Morgan fingerprint density at radius 2 is 1.85 bits per heavy atom. The number of hydrogen-bond acceptors (Lipinski definition) is 8. The van der Waals surface area contributed by atoms with Gasteiger partial charge in [-0.3, -0.25) is 9.59 Å². The predicted molar refractivity (Wildman–Crippen MR) is 150 cm³/mol. The molecule has 1 unspecified atom stereocenters. The summed E-state index contributed by atoms with van der Waals surface area (Å²) in [4.78, 5) is 33.9. The second-order valence-electron chi connectivity index (χ2n) is 11.0. The molecule has 2 fully saturated rings. The van der Waals surface area contributed by atoms with Crippen LogP contribution in [0.25, 0.3) is 0 Å². The highest BCUT2D eigenvalue weighted by atomic mass is 16.3. The van der Waals surface area contributed by atoms with Crippen LogP contribution in [0.1, 0.15) is 60.5 Å². The number of aliphatic hydroxyl groups is 1. The third-order valence-electron chi connectivity index (χ3n) is 8.17. The van der Waals surface area contributed by atoms with Gasteiger partial charge in [-0.2, -0.15) is 0 Å². The highest BCUT2D eigenvalue weighted by Gasteiger charge is 2.26. The number of aliphatic hydroxyl groups excluding tert-OH is 1. The zero-order valence-corrected chi connectivity index (χ0v) is 22.7. The third kappa shape index (κ3) is 6.80. The van der Waals surface area contributed by atoms with Crippen LogP contribution in [0.4, 0.5) is 11.6 Å². The summed E-state index contributed by atoms with van der Waals surface area (Å²) in [6, 6.07) is 8.92. The van der Waals surface area contributed by atoms with Crippen LogP contribution in [0, 0.1) is 0 Å². The summed E-state index contributed by atoms with van der Waals surface area (Å²) in [5.74, 6) is 1.55. The minimum atomic E-state index is -0.761. The summed E-state index contributed by atoms with van der Waals surface area (Å²) in [6.45, 7) is 5.55. The fraction of sp³-hybridized carbons (Fsp3) is 0.552. The Morgan fingerprint density at radius 3 is 2.59 bits per heavy atom. The van der Waals surface area contributed by atoms with E-state index in [1.165, 1.54) is 6.42 Å². The topological polar surface area (TPSA) is 130 Å². The lowest BCUT2D eigenvalue weighted by Crippen LogP contribution is -2.49. The van der Waals surface area contributed by atoms with Gasteiger partial charge in [-0.05, 0) is 73.9 Å². The molecule has 1 aromatic carbocycles. The first-order chi connectivity index (χ1) is 18.9. The number of carbonyl (C=O) groups is 2. The first-order valence-corrected chi connectivity index (χ1v) is 14.2. The molecule has 0 radical (unpaired) electrons. The fourth-order valence-corrected chi connectivity index (χ4v) is 5.79. The standard InChI is InChI=1S/C29H40N6O4/c1-19(36)34-11-7-23(8-12-34)32-27-15-21(16-28(33-27)35-9-3-2-4-10-35)29(39)31-18-26(38)25-14-20-5-6-24(37)13-22(20)17-30-25/h5-6,13,15-16,23,25-26,30,37-38H,2-4,7-12,14,17-18H2,1H3,(H,31,39)(H,32,33)/t25-,26?/m0/s1. The first kappa shape index (κ1) is 27.2. The molecule has 5 rings (SSSR count). The molecule has 0 aliphatic carbocycles. The molecule has 0 spiro atoms. The summed E-state index contributed by atoms with van der Waals surface area (Å²) < 4.78 is 0. The van der Waals surface area contributed by atoms with Gasteiger partial charge < -0.3 is 36.0 Å². The van der Waals surface area contributed by atoms with Crippen molar-refractivity contribution in [2.24, 2.45) is 0 Å². The molecule has 10 heteroatoms. The smallest absolute Gasteiger partial charge is 0.251 e. The van der Waals surface area contributed by atoms with E-state index in [-0.39, 0.29) is 36.2 Å². The van der Waals surface area contributed by atoms with Gasteiger partial charge in [0.15, 0.2) is 0 Å². The molecule has 39 heavy (non-hydrogen) atoms. The van der Waals surface area contributed by atoms with Gasteiger partial charge in [0.05, 0.1) is 6.10 Å². The molecular formula is C29H40N6O4. The number of pyridine rings is 1. The number of benzene rings is 1. The number of nitrogens with zero attached hydrogens (tertiary/aromatic N) is 3. The Morgan fingerprint density at radius 1 is 1.08 bits per heavy atom. The normalized spacial score (nSPS) is 20.7. The van der Waals surface area contributed by atoms with Crippen molar-refractivity contribution in [3.8, 4) is 5.75 Å². The second kappa shape index (κ2) is 12.2. The quantitative estimate of drug-likeness (QED) is 0.363. The summed E-state index contributed by atoms with van der Waals surface area (Å²) in [6.07, 6.45) is 4.94. The second-order valence-corrected chi connectivity index (χ2v) is 11.0. The van der Waals surface area contributed by atoms with E-state index in [0.29, 0.717) is 37.4 Å². The number of hydrogen-bond donors (Lipinski definition) is 5. The van der Waals surface area contributed by atoms with Crippen molar-refractivity contribution in [3.63, 3.8) is 0 Å². The Bertz CT molecular complexity index is 1180. The lowest BCUT2D eigenvalue weighted by Gasteiger charge is -2.32. The summed E-state index contributed by atoms with van der Waals surface area (Å²) in [5, 5.41) is 30.3. The van der Waals surface area contributed by atoms with Crippen LogP contribution in [-0.4, -0.2) is 82.8 Å². The minimum absolute atomic E-state index is 0.103. The molecule has 3 aliphatic heterocycles. The number of nitrogens with one attached hydrogen (secondary N) is 3. The van der Waals surface area contributed by atoms with Gasteiger partial charge in [0.2, 0.25) is 5.91 Å². The number of carbonyl (C=O) groups excluding carboxylic acids is 2. The Kier molecular flexibility index (Phi) is 8.52. The molecule has 10 nitrogen and oxygen atoms in total. The van der Waals surface area contributed by atoms with Crippen LogP contribution in [-0.2, 0) is 17.8 Å². The molecule has 0 bridgehead atoms. The number of rotatable bonds is 7. The monoisotopic (exact) mass is 536 g/mol. The molecule has 5 N–H and O–H groups in total. The Hall–Kier alpha value is -3.37. The van der Waals surface area contributed by atoms with Gasteiger partial charge in [0.1, 0.15) is 17.4 Å². The van der Waals surface area contributed by atoms with Crippen LogP contribution in [0.15, 0.2) is 30.3 Å². The number of aromatic hydroxyl groups is 1. The van der Waals surface area contributed by atoms with Crippen LogP contribution >= 0.6 is 0 Å². The maximum Gasteiger partial charge on any atom is 0.251 e. The number of piperidine rings is 2. The number of anilines is 2. The number of phenols is 1. The van der Waals surface area contributed by atoms with Crippen molar-refractivity contribution in [3.05, 3.63) is 47.0 Å². The molecule has 1 aromatic heterocycles. The largest absolute Gasteiger partial charge is 0.508 e. The highest BCUT2D eigenvalue weighted by Crippen LogP contribution is 2.25. The van der Waals surface area contributed by atoms with Crippen molar-refractivity contribution < 1.29 is 19.8 Å². The molecule has 210 valence electrons. The average molecular weight is 537 g/mol. The van der Waals surface area contributed by atoms with E-state index >= 15 is 0 Å². The summed E-state index contributed by atoms with van der Waals surface area (Å²) >= 11 is 0. The zero-order valence-electron chi connectivity index (χ0n) is 22.7. The van der Waals surface area contributed by atoms with Crippen LogP contribution in [0.5, 0.6) is 5.75 Å². The first-order valence-electron chi connectivity index (χ1n) is 14.2. The van der Waals surface area contributed by atoms with E-state index in [2.05, 4.69) is 20.9 Å². The third-order valence-corrected chi connectivity index (χ3v) is 8.17. The number of fused-ring (bicyclic) bond motifs is 1. The van der Waals surface area contributed by atoms with Crippen LogP contribution < -0.4 is 20.9 Å². The predicted octanol–water partition coefficient (Wildman–Crippen LogP) is 2.01. The molecule has 2 aromatic rings. The van der Waals surface area contributed by atoms with E-state index < -0.39 is 6.10 Å². The van der Waals surface area contributed by atoms with Gasteiger partial charge in [-0.1, -0.05) is 6.07 Å². The maximum absolute atomic E-state index is 13.3. The Balaban J connectivity index is 1.24. The van der Waals surface area contributed by atoms with Crippen molar-refractivity contribution in [1.29, 1.82) is 0 Å². The average Bonchev–Trinajstić information content (AvgIpc) is 2.96. The lowest BCUT2D eigenvalue weighted by molar-refractivity contribution is -0.129. The van der Waals surface area contributed by atoms with E-state index in [1.54, 1.807) is 25.1 Å². The zero-order chi connectivity index (χ0) is 27.4. The van der Waals surface area contributed by atoms with E-state index in [1.807, 2.05) is 17.0 Å². The Labute approximate surface area is 229 Å². The van der Waals surface area contributed by atoms with Crippen LogP contribution in [0.2, 0.25) is 0 Å². The highest BCUT2D eigenvalue weighted by molar-refractivity contribution is 5.95. The maximum atomic E-state index is 13.3. The SMILES string of the molecule is CC(=O)N1CCC(Nc2cc(C(=O)NCC(O)[C@@H]3Cc4ccc(O)cc4CN3)cc(N3CCCCC3)n2)CC1. The summed E-state index contributed by atoms with van der Waals surface area (Å²) in [5.41, 5.74) is 2.63. The van der Waals surface area contributed by atoms with E-state index in [4.69, 9.17) is 4.98 Å². The molecule has 2 saturated heterocycles. The lowest BCUT2D eigenvalue weighted by atomic mass is 9.92. The van der Waals surface area contributed by atoms with Gasteiger partial charge in [0.25, 0.3) is 5.91 Å².